The standard InChI is InChI=1S/C18H26N2O3/c1-2-3-7-17(21)20-13-18(14-20)15(8-10-23-18)11-22-12-16-6-4-5-9-19-16/h4-6,9,15H,2-3,7-8,10-14H2,1H3. The zero-order chi connectivity index (χ0) is 16.1. The minimum absolute atomic E-state index is 0.161. The van der Waals surface area contributed by atoms with Crippen molar-refractivity contribution in [2.75, 3.05) is 26.3 Å². The lowest BCUT2D eigenvalue weighted by Crippen LogP contribution is -2.66. The number of pyridine rings is 1. The molecule has 0 aliphatic carbocycles. The van der Waals surface area contributed by atoms with E-state index in [9.17, 15) is 4.79 Å². The minimum atomic E-state index is -0.161. The summed E-state index contributed by atoms with van der Waals surface area (Å²) in [4.78, 5) is 18.3. The third-order valence-electron chi connectivity index (χ3n) is 4.91. The van der Waals surface area contributed by atoms with Crippen LogP contribution in [0.1, 0.15) is 38.3 Å². The molecule has 3 rings (SSSR count). The number of hydrogen-bond acceptors (Lipinski definition) is 4. The molecule has 1 amide bonds. The molecule has 2 saturated heterocycles. The molecule has 126 valence electrons. The Balaban J connectivity index is 1.45. The van der Waals surface area contributed by atoms with Crippen molar-refractivity contribution in [2.45, 2.75) is 44.8 Å². The molecule has 5 nitrogen and oxygen atoms in total. The topological polar surface area (TPSA) is 51.7 Å². The second-order valence-electron chi connectivity index (χ2n) is 6.59. The van der Waals surface area contributed by atoms with Gasteiger partial charge in [-0.2, -0.15) is 0 Å². The van der Waals surface area contributed by atoms with Crippen molar-refractivity contribution < 1.29 is 14.3 Å². The maximum atomic E-state index is 12.1. The van der Waals surface area contributed by atoms with Crippen LogP contribution in [0.3, 0.4) is 0 Å². The fourth-order valence-electron chi connectivity index (χ4n) is 3.42. The molecule has 0 bridgehead atoms. The first-order valence-corrected chi connectivity index (χ1v) is 8.63. The fraction of sp³-hybridized carbons (Fsp3) is 0.667. The number of rotatable bonds is 7. The Hall–Kier alpha value is -1.46. The van der Waals surface area contributed by atoms with Crippen LogP contribution in [0, 0.1) is 5.92 Å². The van der Waals surface area contributed by atoms with E-state index in [-0.39, 0.29) is 11.5 Å². The molecule has 1 aromatic heterocycles. The van der Waals surface area contributed by atoms with Gasteiger partial charge in [-0.05, 0) is 25.0 Å². The quantitative estimate of drug-likeness (QED) is 0.775. The molecular formula is C18H26N2O3. The van der Waals surface area contributed by atoms with Gasteiger partial charge < -0.3 is 14.4 Å². The van der Waals surface area contributed by atoms with Gasteiger partial charge in [-0.25, -0.2) is 0 Å². The van der Waals surface area contributed by atoms with Crippen molar-refractivity contribution >= 4 is 5.91 Å². The Kier molecular flexibility index (Phi) is 5.28. The highest BCUT2D eigenvalue weighted by Crippen LogP contribution is 2.40. The van der Waals surface area contributed by atoms with Gasteiger partial charge in [0.25, 0.3) is 0 Å². The summed E-state index contributed by atoms with van der Waals surface area (Å²) >= 11 is 0. The number of hydrogen-bond donors (Lipinski definition) is 0. The van der Waals surface area contributed by atoms with Crippen molar-refractivity contribution in [1.29, 1.82) is 0 Å². The van der Waals surface area contributed by atoms with E-state index < -0.39 is 0 Å². The van der Waals surface area contributed by atoms with E-state index in [1.807, 2.05) is 23.1 Å². The maximum Gasteiger partial charge on any atom is 0.222 e. The lowest BCUT2D eigenvalue weighted by molar-refractivity contribution is -0.169. The van der Waals surface area contributed by atoms with Crippen molar-refractivity contribution in [2.24, 2.45) is 5.92 Å². The van der Waals surface area contributed by atoms with Gasteiger partial charge >= 0.3 is 0 Å². The highest BCUT2D eigenvalue weighted by Gasteiger charge is 2.54. The van der Waals surface area contributed by atoms with Gasteiger partial charge in [-0.3, -0.25) is 9.78 Å². The van der Waals surface area contributed by atoms with Crippen LogP contribution in [0.2, 0.25) is 0 Å². The SMILES string of the molecule is CCCCC(=O)N1CC2(C1)OCCC2COCc1ccccn1. The van der Waals surface area contributed by atoms with E-state index >= 15 is 0 Å². The summed E-state index contributed by atoms with van der Waals surface area (Å²) in [6.45, 7) is 5.55. The van der Waals surface area contributed by atoms with Crippen LogP contribution >= 0.6 is 0 Å². The molecule has 2 aliphatic rings. The summed E-state index contributed by atoms with van der Waals surface area (Å²) in [5.74, 6) is 0.641. The van der Waals surface area contributed by atoms with Crippen LogP contribution in [0.5, 0.6) is 0 Å². The number of carbonyl (C=O) groups is 1. The summed E-state index contributed by atoms with van der Waals surface area (Å²) in [6.07, 6.45) is 5.49. The monoisotopic (exact) mass is 318 g/mol. The number of ether oxygens (including phenoxy) is 2. The third kappa shape index (κ3) is 3.72. The summed E-state index contributed by atoms with van der Waals surface area (Å²) < 4.78 is 11.8. The van der Waals surface area contributed by atoms with E-state index in [1.54, 1.807) is 6.20 Å². The van der Waals surface area contributed by atoms with Crippen molar-refractivity contribution in [3.8, 4) is 0 Å². The van der Waals surface area contributed by atoms with Crippen LogP contribution in [0.4, 0.5) is 0 Å². The molecular weight excluding hydrogens is 292 g/mol. The largest absolute Gasteiger partial charge is 0.375 e. The van der Waals surface area contributed by atoms with Gasteiger partial charge in [0.1, 0.15) is 5.60 Å². The summed E-state index contributed by atoms with van der Waals surface area (Å²) in [5.41, 5.74) is 0.789. The summed E-state index contributed by atoms with van der Waals surface area (Å²) in [5, 5.41) is 0. The smallest absolute Gasteiger partial charge is 0.222 e. The molecule has 1 atom stereocenters. The normalized spacial score (nSPS) is 22.3. The Morgan fingerprint density at radius 3 is 3.09 bits per heavy atom. The van der Waals surface area contributed by atoms with Crippen LogP contribution < -0.4 is 0 Å². The molecule has 1 spiro atoms. The van der Waals surface area contributed by atoms with E-state index in [0.29, 0.717) is 25.6 Å². The fourth-order valence-corrected chi connectivity index (χ4v) is 3.42. The summed E-state index contributed by atoms with van der Waals surface area (Å²) in [6, 6.07) is 5.85. The molecule has 0 aromatic carbocycles. The van der Waals surface area contributed by atoms with Gasteiger partial charge in [0, 0.05) is 25.1 Å². The first-order valence-electron chi connectivity index (χ1n) is 8.63. The molecule has 1 unspecified atom stereocenters. The Morgan fingerprint density at radius 1 is 1.48 bits per heavy atom. The molecule has 2 fully saturated rings. The van der Waals surface area contributed by atoms with Gasteiger partial charge in [0.2, 0.25) is 5.91 Å². The van der Waals surface area contributed by atoms with Gasteiger partial charge in [0.15, 0.2) is 0 Å². The molecule has 1 aromatic rings. The predicted octanol–water partition coefficient (Wildman–Crippen LogP) is 2.41. The number of likely N-dealkylation sites (tertiary alicyclic amines) is 1. The average Bonchev–Trinajstić information content (AvgIpc) is 2.96. The third-order valence-corrected chi connectivity index (χ3v) is 4.91. The number of carbonyl (C=O) groups excluding carboxylic acids is 1. The van der Waals surface area contributed by atoms with Crippen molar-refractivity contribution in [1.82, 2.24) is 9.88 Å². The number of amides is 1. The number of unbranched alkanes of at least 4 members (excludes halogenated alkanes) is 1. The van der Waals surface area contributed by atoms with E-state index in [0.717, 1.165) is 44.7 Å². The van der Waals surface area contributed by atoms with Crippen LogP contribution in [-0.2, 0) is 20.9 Å². The molecule has 0 saturated carbocycles. The van der Waals surface area contributed by atoms with Gasteiger partial charge in [0.05, 0.1) is 32.0 Å². The van der Waals surface area contributed by atoms with Crippen molar-refractivity contribution in [3.05, 3.63) is 30.1 Å². The first kappa shape index (κ1) is 16.4. The zero-order valence-corrected chi connectivity index (χ0v) is 13.9. The number of nitrogens with zero attached hydrogens (tertiary/aromatic N) is 2. The van der Waals surface area contributed by atoms with Crippen molar-refractivity contribution in [3.63, 3.8) is 0 Å². The second-order valence-corrected chi connectivity index (χ2v) is 6.59. The Labute approximate surface area is 138 Å². The van der Waals surface area contributed by atoms with Gasteiger partial charge in [-0.1, -0.05) is 19.4 Å². The van der Waals surface area contributed by atoms with E-state index in [1.165, 1.54) is 0 Å². The molecule has 23 heavy (non-hydrogen) atoms. The second kappa shape index (κ2) is 7.41. The number of aromatic nitrogens is 1. The zero-order valence-electron chi connectivity index (χ0n) is 13.9. The lowest BCUT2D eigenvalue weighted by Gasteiger charge is -2.50. The Bertz CT molecular complexity index is 514. The molecule has 2 aliphatic heterocycles. The lowest BCUT2D eigenvalue weighted by atomic mass is 9.81. The van der Waals surface area contributed by atoms with Crippen LogP contribution in [-0.4, -0.2) is 47.7 Å². The minimum Gasteiger partial charge on any atom is -0.375 e. The highest BCUT2D eigenvalue weighted by atomic mass is 16.5. The molecule has 0 radical (unpaired) electrons. The predicted molar refractivity (Wildman–Crippen MR) is 86.8 cm³/mol. The molecule has 5 heteroatoms. The van der Waals surface area contributed by atoms with Gasteiger partial charge in [-0.15, -0.1) is 0 Å². The average molecular weight is 318 g/mol. The first-order chi connectivity index (χ1) is 11.2. The molecule has 3 heterocycles. The van der Waals surface area contributed by atoms with E-state index in [4.69, 9.17) is 9.47 Å². The molecule has 0 N–H and O–H groups in total. The Morgan fingerprint density at radius 2 is 2.35 bits per heavy atom. The van der Waals surface area contributed by atoms with E-state index in [2.05, 4.69) is 11.9 Å². The summed E-state index contributed by atoms with van der Waals surface area (Å²) in [7, 11) is 0. The van der Waals surface area contributed by atoms with Crippen LogP contribution in [0.25, 0.3) is 0 Å². The maximum absolute atomic E-state index is 12.1. The highest BCUT2D eigenvalue weighted by molar-refractivity contribution is 5.77. The van der Waals surface area contributed by atoms with Crippen LogP contribution in [0.15, 0.2) is 24.4 Å².